The van der Waals surface area contributed by atoms with Crippen LogP contribution in [0.1, 0.15) is 5.56 Å². The number of carboxylic acids is 1. The molecule has 1 N–H and O–H groups in total. The van der Waals surface area contributed by atoms with Crippen molar-refractivity contribution in [2.24, 2.45) is 0 Å². The van der Waals surface area contributed by atoms with Crippen molar-refractivity contribution in [2.75, 3.05) is 13.7 Å². The number of methoxy groups -OCH3 is 1. The summed E-state index contributed by atoms with van der Waals surface area (Å²) in [5.41, 5.74) is 3.14. The number of ether oxygens (including phenoxy) is 2. The van der Waals surface area contributed by atoms with E-state index in [0.717, 1.165) is 22.4 Å². The molecule has 2 rings (SSSR count). The summed E-state index contributed by atoms with van der Waals surface area (Å²) in [6.45, 7) is 1.68. The molecule has 0 radical (unpaired) electrons. The molecular formula is C16H16O4. The predicted molar refractivity (Wildman–Crippen MR) is 76.3 cm³/mol. The second kappa shape index (κ2) is 6.10. The minimum absolute atomic E-state index is 0.340. The molecular weight excluding hydrogens is 256 g/mol. The molecule has 0 saturated heterocycles. The topological polar surface area (TPSA) is 55.8 Å². The normalized spacial score (nSPS) is 10.1. The van der Waals surface area contributed by atoms with Crippen LogP contribution in [0.5, 0.6) is 11.5 Å². The summed E-state index contributed by atoms with van der Waals surface area (Å²) < 4.78 is 10.5. The van der Waals surface area contributed by atoms with Crippen LogP contribution in [0.3, 0.4) is 0 Å². The van der Waals surface area contributed by atoms with Gasteiger partial charge in [-0.25, -0.2) is 4.79 Å². The van der Waals surface area contributed by atoms with Crippen LogP contribution in [0.2, 0.25) is 0 Å². The maximum atomic E-state index is 10.4. The van der Waals surface area contributed by atoms with Crippen LogP contribution in [0.4, 0.5) is 0 Å². The van der Waals surface area contributed by atoms with Gasteiger partial charge in [-0.1, -0.05) is 23.8 Å². The van der Waals surface area contributed by atoms with E-state index in [4.69, 9.17) is 14.6 Å². The number of carbonyl (C=O) groups is 1. The van der Waals surface area contributed by atoms with Crippen molar-refractivity contribution in [1.29, 1.82) is 0 Å². The summed E-state index contributed by atoms with van der Waals surface area (Å²) in [5.74, 6) is 0.340. The fraction of sp³-hybridized carbons (Fsp3) is 0.188. The molecule has 0 unspecified atom stereocenters. The van der Waals surface area contributed by atoms with Crippen LogP contribution in [-0.4, -0.2) is 24.8 Å². The fourth-order valence-corrected chi connectivity index (χ4v) is 1.92. The Hall–Kier alpha value is -2.49. The van der Waals surface area contributed by atoms with Gasteiger partial charge in [0.05, 0.1) is 7.11 Å². The fourth-order valence-electron chi connectivity index (χ4n) is 1.92. The molecule has 2 aromatic carbocycles. The first kappa shape index (κ1) is 13.9. The van der Waals surface area contributed by atoms with Gasteiger partial charge in [0.15, 0.2) is 6.61 Å². The third kappa shape index (κ3) is 3.29. The van der Waals surface area contributed by atoms with Gasteiger partial charge in [-0.05, 0) is 36.8 Å². The third-order valence-electron chi connectivity index (χ3n) is 2.88. The van der Waals surface area contributed by atoms with E-state index in [0.29, 0.717) is 5.75 Å². The van der Waals surface area contributed by atoms with Gasteiger partial charge < -0.3 is 14.6 Å². The second-order valence-corrected chi connectivity index (χ2v) is 4.41. The van der Waals surface area contributed by atoms with E-state index in [2.05, 4.69) is 0 Å². The number of hydrogen-bond donors (Lipinski definition) is 1. The molecule has 2 aromatic rings. The van der Waals surface area contributed by atoms with E-state index < -0.39 is 5.97 Å². The maximum absolute atomic E-state index is 10.4. The van der Waals surface area contributed by atoms with E-state index in [-0.39, 0.29) is 6.61 Å². The zero-order chi connectivity index (χ0) is 14.5. The molecule has 4 heteroatoms. The minimum atomic E-state index is -0.991. The lowest BCUT2D eigenvalue weighted by molar-refractivity contribution is -0.139. The lowest BCUT2D eigenvalue weighted by Crippen LogP contribution is -2.09. The zero-order valence-corrected chi connectivity index (χ0v) is 11.4. The van der Waals surface area contributed by atoms with E-state index in [1.165, 1.54) is 0 Å². The van der Waals surface area contributed by atoms with Gasteiger partial charge >= 0.3 is 5.97 Å². The molecule has 0 spiro atoms. The van der Waals surface area contributed by atoms with Gasteiger partial charge in [0, 0.05) is 5.56 Å². The van der Waals surface area contributed by atoms with Crippen molar-refractivity contribution in [3.8, 4) is 22.6 Å². The van der Waals surface area contributed by atoms with E-state index >= 15 is 0 Å². The lowest BCUT2D eigenvalue weighted by atomic mass is 10.0. The molecule has 0 amide bonds. The van der Waals surface area contributed by atoms with Crippen molar-refractivity contribution >= 4 is 5.97 Å². The molecule has 0 saturated carbocycles. The first-order valence-electron chi connectivity index (χ1n) is 6.20. The molecule has 0 aliphatic carbocycles. The maximum Gasteiger partial charge on any atom is 0.341 e. The Bertz CT molecular complexity index is 602. The zero-order valence-electron chi connectivity index (χ0n) is 11.4. The smallest absolute Gasteiger partial charge is 0.341 e. The highest BCUT2D eigenvalue weighted by Crippen LogP contribution is 2.31. The Balaban J connectivity index is 2.25. The Morgan fingerprint density at radius 3 is 2.45 bits per heavy atom. The summed E-state index contributed by atoms with van der Waals surface area (Å²) in [7, 11) is 1.64. The second-order valence-electron chi connectivity index (χ2n) is 4.41. The van der Waals surface area contributed by atoms with E-state index in [1.807, 2.05) is 37.3 Å². The number of rotatable bonds is 5. The number of hydrogen-bond acceptors (Lipinski definition) is 3. The van der Waals surface area contributed by atoms with E-state index in [9.17, 15) is 4.79 Å². The van der Waals surface area contributed by atoms with Crippen molar-refractivity contribution in [2.45, 2.75) is 6.92 Å². The predicted octanol–water partition coefficient (Wildman–Crippen LogP) is 3.13. The van der Waals surface area contributed by atoms with Crippen LogP contribution in [-0.2, 0) is 4.79 Å². The molecule has 0 bridgehead atoms. The van der Waals surface area contributed by atoms with Crippen LogP contribution in [0.15, 0.2) is 42.5 Å². The lowest BCUT2D eigenvalue weighted by Gasteiger charge is -2.10. The quantitative estimate of drug-likeness (QED) is 0.908. The largest absolute Gasteiger partial charge is 0.496 e. The Morgan fingerprint density at radius 2 is 1.85 bits per heavy atom. The highest BCUT2D eigenvalue weighted by Gasteiger charge is 2.06. The van der Waals surface area contributed by atoms with Gasteiger partial charge in [-0.2, -0.15) is 0 Å². The van der Waals surface area contributed by atoms with Gasteiger partial charge in [0.1, 0.15) is 11.5 Å². The summed E-state index contributed by atoms with van der Waals surface area (Å²) in [6.07, 6.45) is 0. The van der Waals surface area contributed by atoms with E-state index in [1.54, 1.807) is 19.2 Å². The summed E-state index contributed by atoms with van der Waals surface area (Å²) >= 11 is 0. The van der Waals surface area contributed by atoms with Crippen LogP contribution in [0, 0.1) is 6.92 Å². The Kier molecular flexibility index (Phi) is 4.25. The average molecular weight is 272 g/mol. The Labute approximate surface area is 117 Å². The molecule has 0 aromatic heterocycles. The molecule has 20 heavy (non-hydrogen) atoms. The van der Waals surface area contributed by atoms with Crippen LogP contribution >= 0.6 is 0 Å². The first-order chi connectivity index (χ1) is 9.60. The van der Waals surface area contributed by atoms with Gasteiger partial charge in [0.2, 0.25) is 0 Å². The molecule has 0 aliphatic rings. The van der Waals surface area contributed by atoms with Crippen molar-refractivity contribution in [3.63, 3.8) is 0 Å². The monoisotopic (exact) mass is 272 g/mol. The molecule has 0 aliphatic heterocycles. The van der Waals surface area contributed by atoms with Crippen molar-refractivity contribution in [1.82, 2.24) is 0 Å². The number of aliphatic carboxylic acids is 1. The van der Waals surface area contributed by atoms with Crippen molar-refractivity contribution < 1.29 is 19.4 Å². The molecule has 4 nitrogen and oxygen atoms in total. The highest BCUT2D eigenvalue weighted by molar-refractivity contribution is 5.72. The molecule has 0 atom stereocenters. The standard InChI is InChI=1S/C16H16O4/c1-11-3-8-15(19-2)14(9-11)12-4-6-13(7-5-12)20-10-16(17)18/h3-9H,10H2,1-2H3,(H,17,18). The summed E-state index contributed by atoms with van der Waals surface area (Å²) in [5, 5.41) is 8.56. The number of aryl methyl sites for hydroxylation is 1. The Morgan fingerprint density at radius 1 is 1.15 bits per heavy atom. The average Bonchev–Trinajstić information content (AvgIpc) is 2.45. The molecule has 104 valence electrons. The summed E-state index contributed by atoms with van der Waals surface area (Å²) in [6, 6.07) is 13.2. The van der Waals surface area contributed by atoms with Crippen LogP contribution in [0.25, 0.3) is 11.1 Å². The summed E-state index contributed by atoms with van der Waals surface area (Å²) in [4.78, 5) is 10.4. The number of carboxylic acid groups (broad SMARTS) is 1. The highest BCUT2D eigenvalue weighted by atomic mass is 16.5. The van der Waals surface area contributed by atoms with Gasteiger partial charge in [-0.3, -0.25) is 0 Å². The van der Waals surface area contributed by atoms with Crippen LogP contribution < -0.4 is 9.47 Å². The number of benzene rings is 2. The third-order valence-corrected chi connectivity index (χ3v) is 2.88. The van der Waals surface area contributed by atoms with Gasteiger partial charge in [-0.15, -0.1) is 0 Å². The minimum Gasteiger partial charge on any atom is -0.496 e. The SMILES string of the molecule is COc1ccc(C)cc1-c1ccc(OCC(=O)O)cc1. The van der Waals surface area contributed by atoms with Crippen molar-refractivity contribution in [3.05, 3.63) is 48.0 Å². The first-order valence-corrected chi connectivity index (χ1v) is 6.20. The molecule has 0 fully saturated rings. The van der Waals surface area contributed by atoms with Gasteiger partial charge in [0.25, 0.3) is 0 Å². The molecule has 0 heterocycles.